The molecule has 100 valence electrons. The predicted molar refractivity (Wildman–Crippen MR) is 73.4 cm³/mol. The van der Waals surface area contributed by atoms with Crippen molar-refractivity contribution in [2.75, 3.05) is 45.8 Å². The Bertz CT molecular complexity index is 206. The molecule has 2 rings (SSSR count). The van der Waals surface area contributed by atoms with Gasteiger partial charge in [-0.15, -0.1) is 0 Å². The van der Waals surface area contributed by atoms with Crippen LogP contribution in [-0.4, -0.2) is 61.7 Å². The predicted octanol–water partition coefficient (Wildman–Crippen LogP) is 1.40. The molecule has 1 N–H and O–H groups in total. The van der Waals surface area contributed by atoms with E-state index in [1.54, 1.807) is 0 Å². The molecule has 3 nitrogen and oxygen atoms in total. The fourth-order valence-corrected chi connectivity index (χ4v) is 3.01. The molecule has 0 aromatic carbocycles. The molecule has 0 saturated carbocycles. The Kier molecular flexibility index (Phi) is 5.26. The van der Waals surface area contributed by atoms with E-state index in [0.29, 0.717) is 0 Å². The summed E-state index contributed by atoms with van der Waals surface area (Å²) in [5, 5.41) is 3.46. The second-order valence-corrected chi connectivity index (χ2v) is 5.78. The number of piperazine rings is 1. The van der Waals surface area contributed by atoms with E-state index < -0.39 is 0 Å². The summed E-state index contributed by atoms with van der Waals surface area (Å²) in [6, 6.07) is 0.774. The monoisotopic (exact) mass is 239 g/mol. The largest absolute Gasteiger partial charge is 0.316 e. The lowest BCUT2D eigenvalue weighted by molar-refractivity contribution is 0.0972. The van der Waals surface area contributed by atoms with Gasteiger partial charge in [-0.1, -0.05) is 6.92 Å². The first-order chi connectivity index (χ1) is 8.29. The first-order valence-electron chi connectivity index (χ1n) is 7.46. The van der Waals surface area contributed by atoms with E-state index in [4.69, 9.17) is 0 Å². The Balaban J connectivity index is 1.61. The van der Waals surface area contributed by atoms with Crippen LogP contribution >= 0.6 is 0 Å². The molecule has 0 aliphatic carbocycles. The van der Waals surface area contributed by atoms with Crippen LogP contribution in [0.4, 0.5) is 0 Å². The Labute approximate surface area is 107 Å². The van der Waals surface area contributed by atoms with E-state index >= 15 is 0 Å². The summed E-state index contributed by atoms with van der Waals surface area (Å²) in [5.74, 6) is 0.947. The zero-order chi connectivity index (χ0) is 12.1. The van der Waals surface area contributed by atoms with Gasteiger partial charge in [0.05, 0.1) is 0 Å². The van der Waals surface area contributed by atoms with E-state index in [1.165, 1.54) is 65.1 Å². The van der Waals surface area contributed by atoms with Crippen molar-refractivity contribution in [1.29, 1.82) is 0 Å². The van der Waals surface area contributed by atoms with Crippen LogP contribution in [-0.2, 0) is 0 Å². The minimum Gasteiger partial charge on any atom is -0.316 e. The van der Waals surface area contributed by atoms with E-state index in [0.717, 1.165) is 12.0 Å². The number of hydrogen-bond acceptors (Lipinski definition) is 3. The molecule has 0 bridgehead atoms. The van der Waals surface area contributed by atoms with Crippen molar-refractivity contribution in [2.24, 2.45) is 5.92 Å². The lowest BCUT2D eigenvalue weighted by Crippen LogP contribution is -2.49. The third kappa shape index (κ3) is 3.94. The molecule has 2 aliphatic heterocycles. The Morgan fingerprint density at radius 3 is 2.59 bits per heavy atom. The van der Waals surface area contributed by atoms with Crippen LogP contribution in [0.25, 0.3) is 0 Å². The quantitative estimate of drug-likeness (QED) is 0.782. The highest BCUT2D eigenvalue weighted by Gasteiger charge is 2.21. The molecule has 2 fully saturated rings. The van der Waals surface area contributed by atoms with Crippen LogP contribution in [0.5, 0.6) is 0 Å². The lowest BCUT2D eigenvalue weighted by atomic mass is 10.0. The summed E-state index contributed by atoms with van der Waals surface area (Å²) in [5.41, 5.74) is 0. The topological polar surface area (TPSA) is 18.5 Å². The lowest BCUT2D eigenvalue weighted by Gasteiger charge is -2.38. The van der Waals surface area contributed by atoms with Crippen LogP contribution < -0.4 is 5.32 Å². The van der Waals surface area contributed by atoms with Gasteiger partial charge in [0.25, 0.3) is 0 Å². The summed E-state index contributed by atoms with van der Waals surface area (Å²) in [7, 11) is 0. The highest BCUT2D eigenvalue weighted by Crippen LogP contribution is 2.14. The van der Waals surface area contributed by atoms with Crippen molar-refractivity contribution in [3.8, 4) is 0 Å². The van der Waals surface area contributed by atoms with Gasteiger partial charge in [-0.2, -0.15) is 0 Å². The van der Waals surface area contributed by atoms with Crippen LogP contribution in [0.15, 0.2) is 0 Å². The molecule has 17 heavy (non-hydrogen) atoms. The smallest absolute Gasteiger partial charge is 0.0113 e. The first kappa shape index (κ1) is 13.3. The molecule has 2 saturated heterocycles. The number of nitrogens with one attached hydrogen (secondary N) is 1. The molecule has 0 aromatic rings. The van der Waals surface area contributed by atoms with E-state index in [1.807, 2.05) is 0 Å². The summed E-state index contributed by atoms with van der Waals surface area (Å²) < 4.78 is 0. The summed E-state index contributed by atoms with van der Waals surface area (Å²) in [4.78, 5) is 5.31. The first-order valence-corrected chi connectivity index (χ1v) is 7.46. The standard InChI is InChI=1S/C14H29N3/c1-3-13(2)17-10-8-16(9-11-17)7-5-14-4-6-15-12-14/h13-15H,3-12H2,1-2H3. The summed E-state index contributed by atoms with van der Waals surface area (Å²) >= 11 is 0. The van der Waals surface area contributed by atoms with Crippen molar-refractivity contribution in [1.82, 2.24) is 15.1 Å². The van der Waals surface area contributed by atoms with Crippen molar-refractivity contribution in [2.45, 2.75) is 39.2 Å². The zero-order valence-electron chi connectivity index (χ0n) is 11.6. The molecular weight excluding hydrogens is 210 g/mol. The minimum atomic E-state index is 0.774. The maximum absolute atomic E-state index is 3.46. The maximum Gasteiger partial charge on any atom is 0.0113 e. The fraction of sp³-hybridized carbons (Fsp3) is 1.00. The van der Waals surface area contributed by atoms with Crippen LogP contribution in [0, 0.1) is 5.92 Å². The maximum atomic E-state index is 3.46. The van der Waals surface area contributed by atoms with Crippen LogP contribution in [0.3, 0.4) is 0 Å². The van der Waals surface area contributed by atoms with Crippen LogP contribution in [0.1, 0.15) is 33.1 Å². The van der Waals surface area contributed by atoms with E-state index in [-0.39, 0.29) is 0 Å². The van der Waals surface area contributed by atoms with E-state index in [2.05, 4.69) is 29.0 Å². The zero-order valence-corrected chi connectivity index (χ0v) is 11.6. The van der Waals surface area contributed by atoms with Crippen molar-refractivity contribution < 1.29 is 0 Å². The van der Waals surface area contributed by atoms with Gasteiger partial charge in [0.2, 0.25) is 0 Å². The van der Waals surface area contributed by atoms with Gasteiger partial charge >= 0.3 is 0 Å². The third-order valence-corrected chi connectivity index (χ3v) is 4.64. The van der Waals surface area contributed by atoms with Gasteiger partial charge < -0.3 is 10.2 Å². The number of hydrogen-bond donors (Lipinski definition) is 1. The van der Waals surface area contributed by atoms with Crippen LogP contribution in [0.2, 0.25) is 0 Å². The average Bonchev–Trinajstić information content (AvgIpc) is 2.89. The number of nitrogens with zero attached hydrogens (tertiary/aromatic N) is 2. The molecular formula is C14H29N3. The van der Waals surface area contributed by atoms with Crippen molar-refractivity contribution >= 4 is 0 Å². The molecule has 2 unspecified atom stereocenters. The van der Waals surface area contributed by atoms with Gasteiger partial charge in [0.15, 0.2) is 0 Å². The normalized spacial score (nSPS) is 29.6. The fourth-order valence-electron chi connectivity index (χ4n) is 3.01. The van der Waals surface area contributed by atoms with Gasteiger partial charge in [-0.25, -0.2) is 0 Å². The molecule has 0 aromatic heterocycles. The molecule has 0 radical (unpaired) electrons. The Morgan fingerprint density at radius 1 is 1.24 bits per heavy atom. The van der Waals surface area contributed by atoms with Crippen molar-refractivity contribution in [3.63, 3.8) is 0 Å². The molecule has 2 atom stereocenters. The highest BCUT2D eigenvalue weighted by molar-refractivity contribution is 4.78. The molecule has 0 amide bonds. The second kappa shape index (κ2) is 6.72. The molecule has 2 aliphatic rings. The minimum absolute atomic E-state index is 0.774. The van der Waals surface area contributed by atoms with Crippen molar-refractivity contribution in [3.05, 3.63) is 0 Å². The van der Waals surface area contributed by atoms with E-state index in [9.17, 15) is 0 Å². The van der Waals surface area contributed by atoms with Gasteiger partial charge in [0.1, 0.15) is 0 Å². The van der Waals surface area contributed by atoms with Gasteiger partial charge in [-0.05, 0) is 51.7 Å². The highest BCUT2D eigenvalue weighted by atomic mass is 15.3. The molecule has 2 heterocycles. The summed E-state index contributed by atoms with van der Waals surface area (Å²) in [6.07, 6.45) is 4.08. The molecule has 0 spiro atoms. The Morgan fingerprint density at radius 2 is 2.00 bits per heavy atom. The summed E-state index contributed by atoms with van der Waals surface area (Å²) in [6.45, 7) is 13.6. The molecule has 3 heteroatoms. The van der Waals surface area contributed by atoms with Gasteiger partial charge in [0, 0.05) is 32.2 Å². The van der Waals surface area contributed by atoms with Gasteiger partial charge in [-0.3, -0.25) is 4.90 Å². The number of rotatable bonds is 5. The second-order valence-electron chi connectivity index (χ2n) is 5.78. The third-order valence-electron chi connectivity index (χ3n) is 4.64. The Hall–Kier alpha value is -0.120. The SMILES string of the molecule is CCC(C)N1CCN(CCC2CCNC2)CC1. The average molecular weight is 239 g/mol.